The van der Waals surface area contributed by atoms with Gasteiger partial charge in [-0.3, -0.25) is 0 Å². The highest BCUT2D eigenvalue weighted by Crippen LogP contribution is 2.39. The predicted molar refractivity (Wildman–Crippen MR) is 97.7 cm³/mol. The van der Waals surface area contributed by atoms with Crippen LogP contribution in [0.15, 0.2) is 22.7 Å². The zero-order valence-corrected chi connectivity index (χ0v) is 15.8. The molecule has 24 heavy (non-hydrogen) atoms. The SMILES string of the molecule is COc1ccc(C(CN2CCNCC2)C2(O)CCOCC2)cc1Br. The lowest BCUT2D eigenvalue weighted by molar-refractivity contribution is -0.0851. The largest absolute Gasteiger partial charge is 0.496 e. The average Bonchev–Trinajstić information content (AvgIpc) is 2.61. The van der Waals surface area contributed by atoms with E-state index in [1.807, 2.05) is 6.07 Å². The van der Waals surface area contributed by atoms with Gasteiger partial charge in [0.1, 0.15) is 5.75 Å². The predicted octanol–water partition coefficient (Wildman–Crippen LogP) is 1.99. The smallest absolute Gasteiger partial charge is 0.133 e. The van der Waals surface area contributed by atoms with Gasteiger partial charge >= 0.3 is 0 Å². The van der Waals surface area contributed by atoms with Crippen LogP contribution >= 0.6 is 15.9 Å². The van der Waals surface area contributed by atoms with Crippen molar-refractivity contribution in [2.24, 2.45) is 0 Å². The normalized spacial score (nSPS) is 23.0. The van der Waals surface area contributed by atoms with Crippen molar-refractivity contribution in [3.63, 3.8) is 0 Å². The van der Waals surface area contributed by atoms with Crippen LogP contribution in [0.25, 0.3) is 0 Å². The monoisotopic (exact) mass is 398 g/mol. The standard InChI is InChI=1S/C18H27BrN2O3/c1-23-17-3-2-14(12-16(17)19)15(13-21-8-6-20-7-9-21)18(22)4-10-24-11-5-18/h2-3,12,15,20,22H,4-11,13H2,1H3. The lowest BCUT2D eigenvalue weighted by Gasteiger charge is -2.42. The topological polar surface area (TPSA) is 54.0 Å². The Hall–Kier alpha value is -0.660. The number of benzene rings is 1. The number of halogens is 1. The third-order valence-corrected chi connectivity index (χ3v) is 5.86. The Labute approximate surface area is 152 Å². The molecule has 0 aromatic heterocycles. The first-order valence-electron chi connectivity index (χ1n) is 8.69. The van der Waals surface area contributed by atoms with E-state index in [4.69, 9.17) is 9.47 Å². The number of nitrogens with one attached hydrogen (secondary N) is 1. The van der Waals surface area contributed by atoms with Crippen molar-refractivity contribution in [1.29, 1.82) is 0 Å². The van der Waals surface area contributed by atoms with Crippen molar-refractivity contribution < 1.29 is 14.6 Å². The van der Waals surface area contributed by atoms with Gasteiger partial charge in [-0.25, -0.2) is 0 Å². The summed E-state index contributed by atoms with van der Waals surface area (Å²) in [6.07, 6.45) is 1.38. The van der Waals surface area contributed by atoms with Gasteiger partial charge in [-0.2, -0.15) is 0 Å². The molecule has 2 N–H and O–H groups in total. The van der Waals surface area contributed by atoms with E-state index < -0.39 is 5.60 Å². The summed E-state index contributed by atoms with van der Waals surface area (Å²) >= 11 is 3.59. The van der Waals surface area contributed by atoms with Crippen LogP contribution < -0.4 is 10.1 Å². The van der Waals surface area contributed by atoms with Gasteiger partial charge in [0, 0.05) is 64.7 Å². The lowest BCUT2D eigenvalue weighted by Crippen LogP contribution is -2.50. The summed E-state index contributed by atoms with van der Waals surface area (Å²) in [5, 5.41) is 14.8. The molecule has 2 saturated heterocycles. The molecule has 2 fully saturated rings. The fraction of sp³-hybridized carbons (Fsp3) is 0.667. The van der Waals surface area contributed by atoms with Crippen molar-refractivity contribution in [3.8, 4) is 5.75 Å². The lowest BCUT2D eigenvalue weighted by atomic mass is 9.76. The van der Waals surface area contributed by atoms with Gasteiger partial charge in [-0.15, -0.1) is 0 Å². The van der Waals surface area contributed by atoms with E-state index in [1.54, 1.807) is 7.11 Å². The summed E-state index contributed by atoms with van der Waals surface area (Å²) in [5.74, 6) is 0.889. The maximum absolute atomic E-state index is 11.4. The van der Waals surface area contributed by atoms with Gasteiger partial charge in [-0.1, -0.05) is 6.07 Å². The maximum atomic E-state index is 11.4. The summed E-state index contributed by atoms with van der Waals surface area (Å²) in [5.41, 5.74) is 0.447. The van der Waals surface area contributed by atoms with Gasteiger partial charge in [0.05, 0.1) is 17.2 Å². The molecule has 0 amide bonds. The van der Waals surface area contributed by atoms with E-state index in [1.165, 1.54) is 0 Å². The molecule has 2 heterocycles. The molecule has 5 nitrogen and oxygen atoms in total. The second-order valence-electron chi connectivity index (χ2n) is 6.71. The number of piperazine rings is 1. The number of hydrogen-bond donors (Lipinski definition) is 2. The maximum Gasteiger partial charge on any atom is 0.133 e. The quantitative estimate of drug-likeness (QED) is 0.793. The molecule has 1 aromatic carbocycles. The van der Waals surface area contributed by atoms with Gasteiger partial charge < -0.3 is 24.8 Å². The summed E-state index contributed by atoms with van der Waals surface area (Å²) in [6.45, 7) is 6.22. The number of rotatable bonds is 5. The Kier molecular flexibility index (Phi) is 6.16. The third-order valence-electron chi connectivity index (χ3n) is 5.24. The van der Waals surface area contributed by atoms with E-state index in [0.717, 1.165) is 48.5 Å². The van der Waals surface area contributed by atoms with Gasteiger partial charge in [0.15, 0.2) is 0 Å². The molecule has 1 unspecified atom stereocenters. The zero-order chi connectivity index (χ0) is 17.0. The first kappa shape index (κ1) is 18.1. The molecule has 2 aliphatic heterocycles. The first-order chi connectivity index (χ1) is 11.6. The van der Waals surface area contributed by atoms with Crippen molar-refractivity contribution in [1.82, 2.24) is 10.2 Å². The van der Waals surface area contributed by atoms with E-state index in [2.05, 4.69) is 38.3 Å². The van der Waals surface area contributed by atoms with Crippen LogP contribution in [-0.2, 0) is 4.74 Å². The summed E-state index contributed by atoms with van der Waals surface area (Å²) in [7, 11) is 1.67. The molecule has 3 rings (SSSR count). The zero-order valence-electron chi connectivity index (χ0n) is 14.3. The number of ether oxygens (including phenoxy) is 2. The van der Waals surface area contributed by atoms with E-state index in [0.29, 0.717) is 26.1 Å². The highest BCUT2D eigenvalue weighted by Gasteiger charge is 2.40. The van der Waals surface area contributed by atoms with Crippen LogP contribution in [0.5, 0.6) is 5.75 Å². The molecule has 0 aliphatic carbocycles. The molecule has 1 aromatic rings. The first-order valence-corrected chi connectivity index (χ1v) is 9.48. The highest BCUT2D eigenvalue weighted by molar-refractivity contribution is 9.10. The van der Waals surface area contributed by atoms with E-state index in [-0.39, 0.29) is 5.92 Å². The fourth-order valence-electron chi connectivity index (χ4n) is 3.71. The van der Waals surface area contributed by atoms with Crippen LogP contribution in [0.2, 0.25) is 0 Å². The second-order valence-corrected chi connectivity index (χ2v) is 7.57. The molecule has 0 spiro atoms. The Balaban J connectivity index is 1.86. The molecule has 0 saturated carbocycles. The summed E-state index contributed by atoms with van der Waals surface area (Å²) in [6, 6.07) is 6.16. The Morgan fingerprint density at radius 2 is 2.04 bits per heavy atom. The Morgan fingerprint density at radius 1 is 1.33 bits per heavy atom. The minimum absolute atomic E-state index is 0.0710. The van der Waals surface area contributed by atoms with E-state index in [9.17, 15) is 5.11 Å². The van der Waals surface area contributed by atoms with Gasteiger partial charge in [0.2, 0.25) is 0 Å². The highest BCUT2D eigenvalue weighted by atomic mass is 79.9. The second kappa shape index (κ2) is 8.15. The van der Waals surface area contributed by atoms with Crippen LogP contribution in [0.4, 0.5) is 0 Å². The fourth-order valence-corrected chi connectivity index (χ4v) is 4.27. The van der Waals surface area contributed by atoms with Crippen LogP contribution in [0.1, 0.15) is 24.3 Å². The Bertz CT molecular complexity index is 543. The number of methoxy groups -OCH3 is 1. The summed E-state index contributed by atoms with van der Waals surface area (Å²) in [4.78, 5) is 2.45. The Morgan fingerprint density at radius 3 is 2.67 bits per heavy atom. The van der Waals surface area contributed by atoms with Crippen molar-refractivity contribution in [3.05, 3.63) is 28.2 Å². The van der Waals surface area contributed by atoms with E-state index >= 15 is 0 Å². The average molecular weight is 399 g/mol. The minimum atomic E-state index is -0.711. The van der Waals surface area contributed by atoms with Gasteiger partial charge in [0.25, 0.3) is 0 Å². The molecule has 0 radical (unpaired) electrons. The molecule has 134 valence electrons. The molecular formula is C18H27BrN2O3. The van der Waals surface area contributed by atoms with Crippen LogP contribution in [0, 0.1) is 0 Å². The number of hydrogen-bond acceptors (Lipinski definition) is 5. The molecule has 0 bridgehead atoms. The summed E-state index contributed by atoms with van der Waals surface area (Å²) < 4.78 is 11.8. The van der Waals surface area contributed by atoms with Gasteiger partial charge in [-0.05, 0) is 33.6 Å². The minimum Gasteiger partial charge on any atom is -0.496 e. The van der Waals surface area contributed by atoms with Crippen LogP contribution in [0.3, 0.4) is 0 Å². The van der Waals surface area contributed by atoms with Crippen molar-refractivity contribution in [2.75, 3.05) is 53.0 Å². The van der Waals surface area contributed by atoms with Crippen LogP contribution in [-0.4, -0.2) is 68.7 Å². The van der Waals surface area contributed by atoms with Crippen molar-refractivity contribution >= 4 is 15.9 Å². The number of aliphatic hydroxyl groups is 1. The number of nitrogens with zero attached hydrogens (tertiary/aromatic N) is 1. The van der Waals surface area contributed by atoms with Crippen molar-refractivity contribution in [2.45, 2.75) is 24.4 Å². The molecule has 6 heteroatoms. The third kappa shape index (κ3) is 4.11. The molecular weight excluding hydrogens is 372 g/mol. The molecule has 1 atom stereocenters. The molecule has 2 aliphatic rings.